The van der Waals surface area contributed by atoms with E-state index >= 15 is 0 Å². The average molecular weight is 417 g/mol. The lowest BCUT2D eigenvalue weighted by Crippen LogP contribution is -2.43. The minimum absolute atomic E-state index is 0.196. The largest absolute Gasteiger partial charge is 0.440 e. The van der Waals surface area contributed by atoms with E-state index in [0.29, 0.717) is 44.2 Å². The maximum absolute atomic E-state index is 12.6. The van der Waals surface area contributed by atoms with Gasteiger partial charge in [0.15, 0.2) is 0 Å². The summed E-state index contributed by atoms with van der Waals surface area (Å²) in [6.45, 7) is 10.9. The van der Waals surface area contributed by atoms with Gasteiger partial charge in [0, 0.05) is 49.0 Å². The summed E-state index contributed by atoms with van der Waals surface area (Å²) < 4.78 is 11.2. The highest BCUT2D eigenvalue weighted by molar-refractivity contribution is 5.89. The van der Waals surface area contributed by atoms with Crippen LogP contribution >= 0.6 is 0 Å². The van der Waals surface area contributed by atoms with Gasteiger partial charge in [-0.1, -0.05) is 20.8 Å². The second kappa shape index (κ2) is 7.80. The Hall–Kier alpha value is -2.22. The smallest absolute Gasteiger partial charge is 0.416 e. The monoisotopic (exact) mass is 416 g/mol. The summed E-state index contributed by atoms with van der Waals surface area (Å²) in [5.74, 6) is 1.71. The van der Waals surface area contributed by atoms with Gasteiger partial charge in [-0.2, -0.15) is 0 Å². The average Bonchev–Trinajstić information content (AvgIpc) is 3.02. The predicted molar refractivity (Wildman–Crippen MR) is 111 cm³/mol. The predicted octanol–water partition coefficient (Wildman–Crippen LogP) is 3.04. The minimum Gasteiger partial charge on any atom is -0.440 e. The molecule has 0 aliphatic carbocycles. The number of piperidine rings is 1. The number of aromatic nitrogens is 2. The Morgan fingerprint density at radius 3 is 2.47 bits per heavy atom. The van der Waals surface area contributed by atoms with Crippen LogP contribution in [0.3, 0.4) is 0 Å². The molecule has 1 spiro atoms. The number of hydrogen-bond acceptors (Lipinski definition) is 6. The second-order valence-corrected chi connectivity index (χ2v) is 9.76. The Labute approximate surface area is 177 Å². The van der Waals surface area contributed by atoms with Crippen LogP contribution in [0.4, 0.5) is 10.6 Å². The third kappa shape index (κ3) is 4.15. The molecule has 3 saturated heterocycles. The zero-order chi connectivity index (χ0) is 21.5. The van der Waals surface area contributed by atoms with Crippen LogP contribution in [0, 0.1) is 12.3 Å². The van der Waals surface area contributed by atoms with Gasteiger partial charge >= 0.3 is 6.09 Å². The summed E-state index contributed by atoms with van der Waals surface area (Å²) in [5, 5.41) is 0. The quantitative estimate of drug-likeness (QED) is 0.737. The molecule has 3 aliphatic heterocycles. The maximum atomic E-state index is 12.6. The van der Waals surface area contributed by atoms with Crippen molar-refractivity contribution < 1.29 is 19.1 Å². The van der Waals surface area contributed by atoms with Crippen LogP contribution in [0.1, 0.15) is 63.9 Å². The highest BCUT2D eigenvalue weighted by Gasteiger charge is 2.47. The zero-order valence-electron chi connectivity index (χ0n) is 18.4. The van der Waals surface area contributed by atoms with Crippen molar-refractivity contribution in [3.63, 3.8) is 0 Å². The fraction of sp³-hybridized carbons (Fsp3) is 0.727. The lowest BCUT2D eigenvalue weighted by Gasteiger charge is -2.35. The van der Waals surface area contributed by atoms with Gasteiger partial charge in [0.25, 0.3) is 0 Å². The summed E-state index contributed by atoms with van der Waals surface area (Å²) >= 11 is 0. The Balaban J connectivity index is 1.48. The number of rotatable bonds is 2. The first-order valence-corrected chi connectivity index (χ1v) is 10.9. The van der Waals surface area contributed by atoms with Crippen molar-refractivity contribution in [2.75, 3.05) is 37.7 Å². The van der Waals surface area contributed by atoms with E-state index in [2.05, 4.69) is 9.97 Å². The molecule has 4 heterocycles. The van der Waals surface area contributed by atoms with Crippen molar-refractivity contribution in [1.82, 2.24) is 14.9 Å². The number of carbonyl (C=O) groups excluding carboxylic acids is 2. The van der Waals surface area contributed by atoms with E-state index in [9.17, 15) is 9.59 Å². The van der Waals surface area contributed by atoms with E-state index in [1.165, 1.54) is 0 Å². The molecule has 2 amide bonds. The molecule has 0 aromatic carbocycles. The van der Waals surface area contributed by atoms with Crippen molar-refractivity contribution >= 4 is 17.8 Å². The number of aryl methyl sites for hydroxylation is 1. The highest BCUT2D eigenvalue weighted by Crippen LogP contribution is 2.36. The number of anilines is 1. The molecule has 1 aromatic rings. The van der Waals surface area contributed by atoms with Crippen molar-refractivity contribution in [2.45, 2.75) is 64.9 Å². The van der Waals surface area contributed by atoms with Crippen LogP contribution in [-0.2, 0) is 14.3 Å². The summed E-state index contributed by atoms with van der Waals surface area (Å²) in [6.07, 6.45) is 2.82. The second-order valence-electron chi connectivity index (χ2n) is 9.76. The standard InChI is InChI=1S/C22H32N4O4/c1-15-23-17(16-5-9-25(10-6-16)19(27)21(2,3)4)13-18(24-15)26-14-22(30-20(26)28)7-11-29-12-8-22/h13,16H,5-12,14H2,1-4H3. The first-order valence-electron chi connectivity index (χ1n) is 10.9. The summed E-state index contributed by atoms with van der Waals surface area (Å²) in [5.41, 5.74) is 0.121. The SMILES string of the molecule is Cc1nc(C2CCN(C(=O)C(C)(C)C)CC2)cc(N2CC3(CCOCC3)OC2=O)n1. The lowest BCUT2D eigenvalue weighted by molar-refractivity contribution is -0.140. The highest BCUT2D eigenvalue weighted by atomic mass is 16.6. The molecule has 4 rings (SSSR count). The van der Waals surface area contributed by atoms with Gasteiger partial charge in [0.05, 0.1) is 19.8 Å². The number of nitrogens with zero attached hydrogens (tertiary/aromatic N) is 4. The molecular weight excluding hydrogens is 384 g/mol. The summed E-state index contributed by atoms with van der Waals surface area (Å²) in [6, 6.07) is 1.93. The minimum atomic E-state index is -0.465. The molecule has 1 aromatic heterocycles. The van der Waals surface area contributed by atoms with E-state index in [1.807, 2.05) is 38.7 Å². The first-order chi connectivity index (χ1) is 14.2. The number of hydrogen-bond donors (Lipinski definition) is 0. The van der Waals surface area contributed by atoms with Crippen molar-refractivity contribution in [3.05, 3.63) is 17.6 Å². The molecular formula is C22H32N4O4. The molecule has 0 atom stereocenters. The Morgan fingerprint density at radius 2 is 1.83 bits per heavy atom. The van der Waals surface area contributed by atoms with Crippen molar-refractivity contribution in [2.24, 2.45) is 5.41 Å². The van der Waals surface area contributed by atoms with Gasteiger partial charge in [-0.05, 0) is 19.8 Å². The molecule has 8 heteroatoms. The molecule has 0 saturated carbocycles. The van der Waals surface area contributed by atoms with Gasteiger partial charge in [-0.25, -0.2) is 14.8 Å². The fourth-order valence-electron chi connectivity index (χ4n) is 4.58. The van der Waals surface area contributed by atoms with Gasteiger partial charge in [-0.15, -0.1) is 0 Å². The first kappa shape index (κ1) is 21.0. The number of ether oxygens (including phenoxy) is 2. The fourth-order valence-corrected chi connectivity index (χ4v) is 4.58. The van der Waals surface area contributed by atoms with Crippen molar-refractivity contribution in [1.29, 1.82) is 0 Å². The van der Waals surface area contributed by atoms with Gasteiger partial charge in [0.1, 0.15) is 17.2 Å². The van der Waals surface area contributed by atoms with Crippen LogP contribution in [0.5, 0.6) is 0 Å². The van der Waals surface area contributed by atoms with Gasteiger partial charge < -0.3 is 14.4 Å². The molecule has 0 unspecified atom stereocenters. The molecule has 0 radical (unpaired) electrons. The van der Waals surface area contributed by atoms with Crippen LogP contribution < -0.4 is 4.90 Å². The number of likely N-dealkylation sites (tertiary alicyclic amines) is 1. The van der Waals surface area contributed by atoms with E-state index in [1.54, 1.807) is 4.90 Å². The molecule has 0 N–H and O–H groups in total. The third-order valence-corrected chi connectivity index (χ3v) is 6.34. The summed E-state index contributed by atoms with van der Waals surface area (Å²) in [7, 11) is 0. The van der Waals surface area contributed by atoms with E-state index in [0.717, 1.165) is 31.6 Å². The lowest BCUT2D eigenvalue weighted by atomic mass is 9.89. The third-order valence-electron chi connectivity index (χ3n) is 6.34. The topological polar surface area (TPSA) is 84.9 Å². The number of carbonyl (C=O) groups is 2. The van der Waals surface area contributed by atoms with Crippen LogP contribution in [0.2, 0.25) is 0 Å². The summed E-state index contributed by atoms with van der Waals surface area (Å²) in [4.78, 5) is 38.0. The van der Waals surface area contributed by atoms with E-state index < -0.39 is 5.60 Å². The van der Waals surface area contributed by atoms with Crippen LogP contribution in [0.15, 0.2) is 6.07 Å². The van der Waals surface area contributed by atoms with Crippen LogP contribution in [0.25, 0.3) is 0 Å². The Kier molecular flexibility index (Phi) is 5.46. The molecule has 30 heavy (non-hydrogen) atoms. The molecule has 3 aliphatic rings. The zero-order valence-corrected chi connectivity index (χ0v) is 18.4. The molecule has 164 valence electrons. The number of amides is 2. The van der Waals surface area contributed by atoms with E-state index in [-0.39, 0.29) is 23.3 Å². The molecule has 3 fully saturated rings. The normalized spacial score (nSPS) is 22.5. The van der Waals surface area contributed by atoms with Crippen LogP contribution in [-0.4, -0.2) is 65.3 Å². The Bertz CT molecular complexity index is 821. The van der Waals surface area contributed by atoms with Gasteiger partial charge in [-0.3, -0.25) is 9.69 Å². The molecule has 0 bridgehead atoms. The van der Waals surface area contributed by atoms with Gasteiger partial charge in [0.2, 0.25) is 5.91 Å². The van der Waals surface area contributed by atoms with Crippen molar-refractivity contribution in [3.8, 4) is 0 Å². The maximum Gasteiger partial charge on any atom is 0.416 e. The molecule has 8 nitrogen and oxygen atoms in total. The Morgan fingerprint density at radius 1 is 1.17 bits per heavy atom. The van der Waals surface area contributed by atoms with E-state index in [4.69, 9.17) is 9.47 Å².